The minimum atomic E-state index is 0.249. The predicted molar refractivity (Wildman–Crippen MR) is 135 cm³/mol. The maximum absolute atomic E-state index is 3.97. The monoisotopic (exact) mass is 428 g/mol. The fourth-order valence-electron chi connectivity index (χ4n) is 5.61. The molecule has 0 radical (unpaired) electrons. The first kappa shape index (κ1) is 21.3. The average molecular weight is 429 g/mol. The first-order valence-electron chi connectivity index (χ1n) is 12.2. The summed E-state index contributed by atoms with van der Waals surface area (Å²) in [6, 6.07) is 19.3. The molecule has 2 aromatic carbocycles. The van der Waals surface area contributed by atoms with E-state index in [0.717, 1.165) is 32.5 Å². The van der Waals surface area contributed by atoms with E-state index in [9.17, 15) is 0 Å². The lowest BCUT2D eigenvalue weighted by atomic mass is 9.88. The predicted octanol–water partition coefficient (Wildman–Crippen LogP) is 5.59. The van der Waals surface area contributed by atoms with Gasteiger partial charge in [0.15, 0.2) is 0 Å². The number of likely N-dealkylation sites (tertiary alicyclic amines) is 1. The number of hydrogen-bond acceptors (Lipinski definition) is 3. The van der Waals surface area contributed by atoms with Gasteiger partial charge in [0.25, 0.3) is 0 Å². The molecule has 2 atom stereocenters. The van der Waals surface area contributed by atoms with Crippen LogP contribution >= 0.6 is 0 Å². The molecule has 1 aromatic heterocycles. The van der Waals surface area contributed by atoms with Gasteiger partial charge in [0.05, 0.1) is 12.1 Å². The van der Waals surface area contributed by atoms with E-state index in [2.05, 4.69) is 89.1 Å². The van der Waals surface area contributed by atoms with Gasteiger partial charge in [0.2, 0.25) is 0 Å². The van der Waals surface area contributed by atoms with Crippen molar-refractivity contribution in [2.24, 2.45) is 0 Å². The quantitative estimate of drug-likeness (QED) is 0.459. The van der Waals surface area contributed by atoms with Crippen molar-refractivity contribution in [3.05, 3.63) is 78.0 Å². The van der Waals surface area contributed by atoms with E-state index in [1.807, 2.05) is 6.08 Å². The highest BCUT2D eigenvalue weighted by atomic mass is 15.2. The minimum absolute atomic E-state index is 0.249. The van der Waals surface area contributed by atoms with Crippen molar-refractivity contribution < 1.29 is 0 Å². The van der Waals surface area contributed by atoms with E-state index < -0.39 is 0 Å². The third-order valence-corrected chi connectivity index (χ3v) is 7.20. The number of rotatable bonds is 8. The van der Waals surface area contributed by atoms with Crippen molar-refractivity contribution in [2.75, 3.05) is 31.5 Å². The molecule has 3 aromatic rings. The molecular formula is C28H36N4. The van der Waals surface area contributed by atoms with Gasteiger partial charge < -0.3 is 10.3 Å². The number of nitrogens with zero attached hydrogens (tertiary/aromatic N) is 2. The van der Waals surface area contributed by atoms with E-state index in [-0.39, 0.29) is 6.04 Å². The van der Waals surface area contributed by atoms with Crippen LogP contribution in [0.25, 0.3) is 10.9 Å². The maximum atomic E-state index is 3.97. The summed E-state index contributed by atoms with van der Waals surface area (Å²) in [5.74, 6) is 0. The Bertz CT molecular complexity index is 1060. The van der Waals surface area contributed by atoms with E-state index >= 15 is 0 Å². The highest BCUT2D eigenvalue weighted by molar-refractivity contribution is 5.85. The Morgan fingerprint density at radius 1 is 1.09 bits per heavy atom. The van der Waals surface area contributed by atoms with Crippen LogP contribution in [0.3, 0.4) is 0 Å². The van der Waals surface area contributed by atoms with Gasteiger partial charge in [-0.25, -0.2) is 0 Å². The molecule has 0 bridgehead atoms. The highest BCUT2D eigenvalue weighted by Crippen LogP contribution is 2.41. The molecule has 0 saturated carbocycles. The molecule has 4 heteroatoms. The summed E-state index contributed by atoms with van der Waals surface area (Å²) in [6.45, 7) is 13.1. The highest BCUT2D eigenvalue weighted by Gasteiger charge is 2.35. The zero-order valence-corrected chi connectivity index (χ0v) is 19.5. The smallest absolute Gasteiger partial charge is 0.0759 e. The van der Waals surface area contributed by atoms with Crippen LogP contribution in [-0.2, 0) is 6.42 Å². The first-order chi connectivity index (χ1) is 15.7. The van der Waals surface area contributed by atoms with Gasteiger partial charge >= 0.3 is 0 Å². The number of hydrogen-bond donors (Lipinski definition) is 2. The van der Waals surface area contributed by atoms with Gasteiger partial charge in [0, 0.05) is 48.0 Å². The molecule has 3 heterocycles. The van der Waals surface area contributed by atoms with E-state index in [1.165, 1.54) is 46.4 Å². The van der Waals surface area contributed by atoms with Crippen molar-refractivity contribution in [2.45, 2.75) is 51.2 Å². The number of aromatic amines is 1. The second kappa shape index (κ2) is 9.13. The van der Waals surface area contributed by atoms with Gasteiger partial charge in [0.1, 0.15) is 0 Å². The van der Waals surface area contributed by atoms with E-state index in [4.69, 9.17) is 0 Å². The second-order valence-electron chi connectivity index (χ2n) is 9.56. The molecule has 1 fully saturated rings. The van der Waals surface area contributed by atoms with Crippen LogP contribution in [0.5, 0.6) is 0 Å². The van der Waals surface area contributed by atoms with Crippen LogP contribution in [0.4, 0.5) is 5.69 Å². The van der Waals surface area contributed by atoms with Gasteiger partial charge in [-0.2, -0.15) is 0 Å². The number of benzene rings is 2. The Hall–Kier alpha value is -2.56. The number of fused-ring (bicyclic) bond motifs is 3. The molecule has 32 heavy (non-hydrogen) atoms. The second-order valence-corrected chi connectivity index (χ2v) is 9.56. The molecule has 0 aliphatic carbocycles. The number of H-pyrrole nitrogens is 1. The summed E-state index contributed by atoms with van der Waals surface area (Å²) in [6.07, 6.45) is 5.37. The summed E-state index contributed by atoms with van der Waals surface area (Å²) in [4.78, 5) is 8.95. The summed E-state index contributed by atoms with van der Waals surface area (Å²) in [7, 11) is 0. The largest absolute Gasteiger partial charge is 0.380 e. The Kier molecular flexibility index (Phi) is 6.07. The molecule has 5 rings (SSSR count). The molecular weight excluding hydrogens is 392 g/mol. The molecule has 0 spiro atoms. The lowest BCUT2D eigenvalue weighted by molar-refractivity contribution is 0.152. The van der Waals surface area contributed by atoms with Crippen LogP contribution < -0.4 is 5.32 Å². The molecule has 4 nitrogen and oxygen atoms in total. The van der Waals surface area contributed by atoms with E-state index in [1.54, 1.807) is 0 Å². The standard InChI is InChI=1S/C28H36N4/c1-4-6-16-32-20(3)17-25-24-9-7-8-10-26(24)30-27(25)28(32)21-11-13-22(14-12-21)29-23-18-31(19-23)15-5-2/h4,7-14,20,23,28-30H,1,5-6,15-19H2,2-3H3/t20-,28-/m1/s1. The minimum Gasteiger partial charge on any atom is -0.380 e. The maximum Gasteiger partial charge on any atom is 0.0759 e. The topological polar surface area (TPSA) is 34.3 Å². The van der Waals surface area contributed by atoms with Crippen LogP contribution in [0.15, 0.2) is 61.2 Å². The van der Waals surface area contributed by atoms with E-state index in [0.29, 0.717) is 12.1 Å². The Labute approximate surface area is 192 Å². The fourth-order valence-corrected chi connectivity index (χ4v) is 5.61. The molecule has 2 N–H and O–H groups in total. The van der Waals surface area contributed by atoms with Crippen LogP contribution in [0.1, 0.15) is 49.6 Å². The lowest BCUT2D eigenvalue weighted by Crippen LogP contribution is -2.54. The Balaban J connectivity index is 1.42. The van der Waals surface area contributed by atoms with Crippen LogP contribution in [-0.4, -0.2) is 53.0 Å². The normalized spacial score (nSPS) is 21.9. The Morgan fingerprint density at radius 2 is 1.88 bits per heavy atom. The first-order valence-corrected chi connectivity index (χ1v) is 12.2. The van der Waals surface area contributed by atoms with Gasteiger partial charge in [-0.05, 0) is 62.1 Å². The molecule has 2 aliphatic heterocycles. The number of para-hydroxylation sites is 1. The van der Waals surface area contributed by atoms with Crippen molar-refractivity contribution >= 4 is 16.6 Å². The summed E-state index contributed by atoms with van der Waals surface area (Å²) < 4.78 is 0. The molecule has 1 saturated heterocycles. The number of nitrogens with one attached hydrogen (secondary N) is 2. The SMILES string of the molecule is C=CCCN1[C@H](c2ccc(NC3CN(CCC)C3)cc2)c2[nH]c3ccccc3c2C[C@H]1C. The van der Waals surface area contributed by atoms with Gasteiger partial charge in [-0.15, -0.1) is 6.58 Å². The zero-order chi connectivity index (χ0) is 22.1. The fraction of sp³-hybridized carbons (Fsp3) is 0.429. The number of aromatic nitrogens is 1. The zero-order valence-electron chi connectivity index (χ0n) is 19.5. The third-order valence-electron chi connectivity index (χ3n) is 7.20. The van der Waals surface area contributed by atoms with Gasteiger partial charge in [-0.3, -0.25) is 9.80 Å². The van der Waals surface area contributed by atoms with Crippen molar-refractivity contribution in [1.82, 2.24) is 14.8 Å². The van der Waals surface area contributed by atoms with Crippen LogP contribution in [0, 0.1) is 0 Å². The third kappa shape index (κ3) is 3.98. The summed E-state index contributed by atoms with van der Waals surface area (Å²) >= 11 is 0. The van der Waals surface area contributed by atoms with Gasteiger partial charge in [-0.1, -0.05) is 43.3 Å². The van der Waals surface area contributed by atoms with Crippen molar-refractivity contribution in [1.29, 1.82) is 0 Å². The van der Waals surface area contributed by atoms with Crippen molar-refractivity contribution in [3.63, 3.8) is 0 Å². The molecule has 0 unspecified atom stereocenters. The average Bonchev–Trinajstić information content (AvgIpc) is 3.14. The molecule has 2 aliphatic rings. The molecule has 0 amide bonds. The molecule has 168 valence electrons. The summed E-state index contributed by atoms with van der Waals surface area (Å²) in [5, 5.41) is 5.09. The number of anilines is 1. The van der Waals surface area contributed by atoms with Crippen molar-refractivity contribution in [3.8, 4) is 0 Å². The lowest BCUT2D eigenvalue weighted by Gasteiger charge is -2.41. The summed E-state index contributed by atoms with van der Waals surface area (Å²) in [5.41, 5.74) is 6.69. The Morgan fingerprint density at radius 3 is 2.62 bits per heavy atom. The van der Waals surface area contributed by atoms with Crippen LogP contribution in [0.2, 0.25) is 0 Å².